The van der Waals surface area contributed by atoms with Crippen LogP contribution in [0.2, 0.25) is 0 Å². The van der Waals surface area contributed by atoms with Crippen LogP contribution in [0.25, 0.3) is 0 Å². The van der Waals surface area contributed by atoms with E-state index in [1.54, 1.807) is 0 Å². The fourth-order valence-electron chi connectivity index (χ4n) is 12.6. The van der Waals surface area contributed by atoms with Gasteiger partial charge in [-0.25, -0.2) is 0 Å². The van der Waals surface area contributed by atoms with Gasteiger partial charge in [0.2, 0.25) is 0 Å². The van der Waals surface area contributed by atoms with Crippen LogP contribution in [0.4, 0.5) is 0 Å². The van der Waals surface area contributed by atoms with Crippen LogP contribution in [-0.2, 0) is 14.2 Å². The largest absolute Gasteiger partial charge is 0.396 e. The third kappa shape index (κ3) is 3.74. The van der Waals surface area contributed by atoms with Crippen molar-refractivity contribution in [1.82, 2.24) is 0 Å². The highest BCUT2D eigenvalue weighted by Crippen LogP contribution is 2.79. The second kappa shape index (κ2) is 9.95. The predicted octanol–water partition coefficient (Wildman–Crippen LogP) is 2.54. The molecule has 44 heavy (non-hydrogen) atoms. The summed E-state index contributed by atoms with van der Waals surface area (Å²) < 4.78 is 19.0. The van der Waals surface area contributed by atoms with Crippen molar-refractivity contribution in [2.45, 2.75) is 128 Å². The van der Waals surface area contributed by atoms with Crippen molar-refractivity contribution >= 4 is 0 Å². The summed E-state index contributed by atoms with van der Waals surface area (Å²) in [4.78, 5) is 0. The van der Waals surface area contributed by atoms with E-state index in [2.05, 4.69) is 46.8 Å². The van der Waals surface area contributed by atoms with Gasteiger partial charge in [-0.05, 0) is 79.4 Å². The highest BCUT2D eigenvalue weighted by molar-refractivity contribution is 5.36. The Kier molecular flexibility index (Phi) is 7.23. The first-order valence-electron chi connectivity index (χ1n) is 17.1. The van der Waals surface area contributed by atoms with Gasteiger partial charge in [0, 0.05) is 28.8 Å². The molecular formula is C35H56O9. The summed E-state index contributed by atoms with van der Waals surface area (Å²) in [5, 5.41) is 64.2. The van der Waals surface area contributed by atoms with Crippen molar-refractivity contribution in [3.8, 4) is 0 Å². The smallest absolute Gasteiger partial charge is 0.186 e. The summed E-state index contributed by atoms with van der Waals surface area (Å²) in [5.74, 6) is 0.470. The molecule has 5 aliphatic carbocycles. The minimum absolute atomic E-state index is 0.0770. The van der Waals surface area contributed by atoms with Crippen molar-refractivity contribution in [2.75, 3.05) is 26.4 Å². The van der Waals surface area contributed by atoms with Gasteiger partial charge in [0.15, 0.2) is 6.29 Å². The molecule has 0 aromatic carbocycles. The van der Waals surface area contributed by atoms with Gasteiger partial charge in [0.25, 0.3) is 0 Å². The molecule has 6 fully saturated rings. The standard InChI is InChI=1S/C35H56O9/c1-29(17-36)12-13-34-19-43-35(23(34)14-29)11-7-22-30(2)9-8-25(44-28-27(41)26(40)20(38)16-42-28)31(3,18-37)21(30)6-10-32(22,4)33(35,5)15-24(34)39/h7,11,20-28,36-41H,6,8-10,12-19H2,1-5H3/t20?,21?,22?,23?,24?,25-,26?,27?,28?,29?,30-,31-,32+,33-,34+,35?/m0/s1. The number of hydrogen-bond donors (Lipinski definition) is 6. The Morgan fingerprint density at radius 3 is 2.30 bits per heavy atom. The Labute approximate surface area is 262 Å². The molecule has 0 radical (unpaired) electrons. The van der Waals surface area contributed by atoms with Gasteiger partial charge >= 0.3 is 0 Å². The zero-order valence-corrected chi connectivity index (χ0v) is 27.2. The Morgan fingerprint density at radius 1 is 0.841 bits per heavy atom. The molecule has 9 heteroatoms. The summed E-state index contributed by atoms with van der Waals surface area (Å²) >= 11 is 0. The van der Waals surface area contributed by atoms with E-state index in [9.17, 15) is 30.6 Å². The molecule has 250 valence electrons. The summed E-state index contributed by atoms with van der Waals surface area (Å²) in [7, 11) is 0. The van der Waals surface area contributed by atoms with Crippen LogP contribution in [0.3, 0.4) is 0 Å². The Balaban J connectivity index is 1.23. The molecule has 0 aromatic rings. The molecule has 0 aromatic heterocycles. The van der Waals surface area contributed by atoms with Gasteiger partial charge in [-0.3, -0.25) is 0 Å². The fourth-order valence-corrected chi connectivity index (χ4v) is 12.6. The normalized spacial score (nSPS) is 61.5. The third-order valence-electron chi connectivity index (χ3n) is 15.7. The van der Waals surface area contributed by atoms with E-state index >= 15 is 0 Å². The SMILES string of the molecule is CC1(CO)CC[C@]23COC4(C=CC5[C@@]6(C)CC[C@H](OC7OCC(O)C(O)C7O)[C@@](C)(CO)C6CC[C@@]5(C)[C@]4(C)CC2O)C3C1. The third-order valence-corrected chi connectivity index (χ3v) is 15.7. The van der Waals surface area contributed by atoms with E-state index < -0.39 is 41.7 Å². The van der Waals surface area contributed by atoms with Gasteiger partial charge in [-0.2, -0.15) is 0 Å². The maximum absolute atomic E-state index is 12.0. The van der Waals surface area contributed by atoms with E-state index in [0.717, 1.165) is 38.5 Å². The second-order valence-electron chi connectivity index (χ2n) is 17.5. The predicted molar refractivity (Wildman–Crippen MR) is 161 cm³/mol. The van der Waals surface area contributed by atoms with Crippen LogP contribution in [0.1, 0.15) is 86.0 Å². The van der Waals surface area contributed by atoms with Crippen LogP contribution in [0.5, 0.6) is 0 Å². The molecule has 10 unspecified atom stereocenters. The lowest BCUT2D eigenvalue weighted by Crippen LogP contribution is -2.72. The topological polar surface area (TPSA) is 149 Å². The second-order valence-corrected chi connectivity index (χ2v) is 17.5. The van der Waals surface area contributed by atoms with Gasteiger partial charge in [0.1, 0.15) is 18.3 Å². The maximum Gasteiger partial charge on any atom is 0.186 e. The lowest BCUT2D eigenvalue weighted by atomic mass is 9.32. The van der Waals surface area contributed by atoms with Gasteiger partial charge in [-0.1, -0.05) is 46.8 Å². The number of fused-ring (bicyclic) bond motifs is 4. The highest BCUT2D eigenvalue weighted by Gasteiger charge is 2.79. The van der Waals surface area contributed by atoms with E-state index in [4.69, 9.17) is 14.2 Å². The Hall–Kier alpha value is -0.620. The highest BCUT2D eigenvalue weighted by atomic mass is 16.7. The van der Waals surface area contributed by atoms with Crippen molar-refractivity contribution in [3.05, 3.63) is 12.2 Å². The number of hydrogen-bond acceptors (Lipinski definition) is 9. The molecule has 7 aliphatic rings. The lowest BCUT2D eigenvalue weighted by molar-refractivity contribution is -0.315. The first-order chi connectivity index (χ1) is 20.6. The molecule has 0 amide bonds. The van der Waals surface area contributed by atoms with Crippen LogP contribution in [-0.4, -0.2) is 99.5 Å². The van der Waals surface area contributed by atoms with Crippen LogP contribution in [0, 0.1) is 50.2 Å². The van der Waals surface area contributed by atoms with Gasteiger partial charge in [-0.15, -0.1) is 0 Å². The average molecular weight is 621 g/mol. The summed E-state index contributed by atoms with van der Waals surface area (Å²) in [6.07, 6.45) is 5.70. The molecule has 7 rings (SSSR count). The molecule has 9 nitrogen and oxygen atoms in total. The van der Waals surface area contributed by atoms with Gasteiger partial charge < -0.3 is 44.8 Å². The van der Waals surface area contributed by atoms with E-state index in [1.807, 2.05) is 0 Å². The molecule has 16 atom stereocenters. The van der Waals surface area contributed by atoms with E-state index in [-0.39, 0.29) is 70.8 Å². The number of allylic oxidation sites excluding steroid dienone is 1. The van der Waals surface area contributed by atoms with Crippen LogP contribution >= 0.6 is 0 Å². The van der Waals surface area contributed by atoms with E-state index in [1.165, 1.54) is 0 Å². The van der Waals surface area contributed by atoms with Crippen LogP contribution < -0.4 is 0 Å². The summed E-state index contributed by atoms with van der Waals surface area (Å²) in [6, 6.07) is 0. The number of aliphatic hydroxyl groups excluding tert-OH is 6. The minimum atomic E-state index is -1.37. The zero-order valence-electron chi connectivity index (χ0n) is 27.2. The lowest BCUT2D eigenvalue weighted by Gasteiger charge is -2.73. The minimum Gasteiger partial charge on any atom is -0.396 e. The maximum atomic E-state index is 12.0. The molecule has 2 saturated heterocycles. The molecule has 2 heterocycles. The summed E-state index contributed by atoms with van der Waals surface area (Å²) in [5.41, 5.74) is -2.17. The molecule has 2 aliphatic heterocycles. The first-order valence-corrected chi connectivity index (χ1v) is 17.1. The fraction of sp³-hybridized carbons (Fsp3) is 0.943. The number of ether oxygens (including phenoxy) is 3. The van der Waals surface area contributed by atoms with Crippen molar-refractivity contribution < 1.29 is 44.8 Å². The summed E-state index contributed by atoms with van der Waals surface area (Å²) in [6.45, 7) is 12.0. The monoisotopic (exact) mass is 620 g/mol. The van der Waals surface area contributed by atoms with Gasteiger partial charge in [0.05, 0.1) is 37.6 Å². The van der Waals surface area contributed by atoms with Crippen molar-refractivity contribution in [3.63, 3.8) is 0 Å². The molecule has 2 bridgehead atoms. The van der Waals surface area contributed by atoms with E-state index in [0.29, 0.717) is 19.4 Å². The van der Waals surface area contributed by atoms with Crippen LogP contribution in [0.15, 0.2) is 12.2 Å². The first kappa shape index (κ1) is 32.0. The molecule has 4 saturated carbocycles. The Bertz CT molecular complexity index is 1180. The molecule has 6 N–H and O–H groups in total. The quantitative estimate of drug-likeness (QED) is 0.206. The average Bonchev–Trinajstić information content (AvgIpc) is 3.27. The Morgan fingerprint density at radius 2 is 1.59 bits per heavy atom. The zero-order chi connectivity index (χ0) is 31.7. The molecular weight excluding hydrogens is 564 g/mol. The number of aliphatic hydroxyl groups is 6. The molecule has 1 spiro atoms. The van der Waals surface area contributed by atoms with Crippen molar-refractivity contribution in [2.24, 2.45) is 50.2 Å². The van der Waals surface area contributed by atoms with Crippen molar-refractivity contribution in [1.29, 1.82) is 0 Å². The number of rotatable bonds is 4.